The number of carbonyl (C=O) groups is 2. The number of aliphatic carboxylic acids is 1. The zero-order chi connectivity index (χ0) is 18.9. The molecule has 0 saturated heterocycles. The molecule has 0 radical (unpaired) electrons. The minimum absolute atomic E-state index is 0.0181. The van der Waals surface area contributed by atoms with Crippen LogP contribution in [0.3, 0.4) is 0 Å². The molecule has 0 aliphatic rings. The van der Waals surface area contributed by atoms with E-state index in [1.165, 1.54) is 18.2 Å². The number of rotatable bonds is 8. The lowest BCUT2D eigenvalue weighted by Gasteiger charge is -2.08. The third-order valence-corrected chi connectivity index (χ3v) is 3.17. The standard InChI is InChI=1S/C18H17FN2O5/c1-12(13-6-8-14(9-7-13)25-11-18(23)24)20-21-17(22)10-26-16-5-3-2-4-15(16)19/h2-9H,10-11H2,1H3,(H,21,22)(H,23,24)/p-1/b20-12-. The second kappa shape index (κ2) is 9.16. The molecule has 0 heterocycles. The number of benzene rings is 2. The van der Waals surface area contributed by atoms with Crippen molar-refractivity contribution in [2.24, 2.45) is 5.10 Å². The first kappa shape index (κ1) is 18.9. The Morgan fingerprint density at radius 3 is 2.42 bits per heavy atom. The van der Waals surface area contributed by atoms with Crippen LogP contribution in [0.25, 0.3) is 0 Å². The number of carboxylic acid groups (broad SMARTS) is 1. The van der Waals surface area contributed by atoms with Crippen LogP contribution in [0.1, 0.15) is 12.5 Å². The number of hydrazone groups is 1. The Hall–Kier alpha value is -3.42. The Balaban J connectivity index is 1.85. The van der Waals surface area contributed by atoms with Gasteiger partial charge in [0.25, 0.3) is 5.91 Å². The van der Waals surface area contributed by atoms with Crippen LogP contribution in [-0.4, -0.2) is 30.8 Å². The molecule has 7 nitrogen and oxygen atoms in total. The summed E-state index contributed by atoms with van der Waals surface area (Å²) < 4.78 is 23.4. The second-order valence-electron chi connectivity index (χ2n) is 5.14. The van der Waals surface area contributed by atoms with Crippen molar-refractivity contribution in [3.05, 3.63) is 59.9 Å². The van der Waals surface area contributed by atoms with Gasteiger partial charge in [0.05, 0.1) is 11.7 Å². The molecule has 0 aromatic heterocycles. The van der Waals surface area contributed by atoms with Crippen LogP contribution in [-0.2, 0) is 9.59 Å². The van der Waals surface area contributed by atoms with Gasteiger partial charge in [-0.1, -0.05) is 12.1 Å². The van der Waals surface area contributed by atoms with E-state index in [2.05, 4.69) is 10.5 Å². The van der Waals surface area contributed by atoms with E-state index in [9.17, 15) is 19.1 Å². The van der Waals surface area contributed by atoms with Gasteiger partial charge in [0, 0.05) is 0 Å². The maximum atomic E-state index is 13.4. The molecule has 26 heavy (non-hydrogen) atoms. The van der Waals surface area contributed by atoms with E-state index in [0.717, 1.165) is 0 Å². The van der Waals surface area contributed by atoms with Crippen LogP contribution in [0.5, 0.6) is 11.5 Å². The van der Waals surface area contributed by atoms with Crippen molar-refractivity contribution in [2.75, 3.05) is 13.2 Å². The summed E-state index contributed by atoms with van der Waals surface area (Å²) in [5.74, 6) is -2.06. The van der Waals surface area contributed by atoms with Gasteiger partial charge in [0.2, 0.25) is 0 Å². The van der Waals surface area contributed by atoms with Crippen molar-refractivity contribution >= 4 is 17.6 Å². The van der Waals surface area contributed by atoms with Gasteiger partial charge in [-0.25, -0.2) is 9.82 Å². The van der Waals surface area contributed by atoms with Crippen LogP contribution in [0.15, 0.2) is 53.6 Å². The molecule has 2 aromatic carbocycles. The Bertz CT molecular complexity index is 805. The van der Waals surface area contributed by atoms with Crippen molar-refractivity contribution in [1.82, 2.24) is 5.43 Å². The van der Waals surface area contributed by atoms with E-state index < -0.39 is 24.3 Å². The van der Waals surface area contributed by atoms with E-state index in [4.69, 9.17) is 9.47 Å². The van der Waals surface area contributed by atoms with Crippen molar-refractivity contribution < 1.29 is 28.6 Å². The number of para-hydroxylation sites is 1. The van der Waals surface area contributed by atoms with Gasteiger partial charge < -0.3 is 19.4 Å². The molecule has 0 bridgehead atoms. The highest BCUT2D eigenvalue weighted by Gasteiger charge is 2.06. The molecule has 1 N–H and O–H groups in total. The van der Waals surface area contributed by atoms with Gasteiger partial charge in [0.1, 0.15) is 12.4 Å². The van der Waals surface area contributed by atoms with Crippen LogP contribution in [0.4, 0.5) is 4.39 Å². The fraction of sp³-hybridized carbons (Fsp3) is 0.167. The van der Waals surface area contributed by atoms with Crippen LogP contribution >= 0.6 is 0 Å². The molecule has 0 saturated carbocycles. The highest BCUT2D eigenvalue weighted by molar-refractivity contribution is 5.99. The normalized spacial score (nSPS) is 10.9. The van der Waals surface area contributed by atoms with Gasteiger partial charge in [-0.3, -0.25) is 4.79 Å². The maximum Gasteiger partial charge on any atom is 0.277 e. The van der Waals surface area contributed by atoms with E-state index >= 15 is 0 Å². The number of amides is 1. The minimum atomic E-state index is -1.31. The average molecular weight is 359 g/mol. The topological polar surface area (TPSA) is 100 Å². The first-order valence-electron chi connectivity index (χ1n) is 7.59. The van der Waals surface area contributed by atoms with Crippen molar-refractivity contribution in [3.63, 3.8) is 0 Å². The lowest BCUT2D eigenvalue weighted by atomic mass is 10.1. The summed E-state index contributed by atoms with van der Waals surface area (Å²) in [5, 5.41) is 14.3. The van der Waals surface area contributed by atoms with Crippen molar-refractivity contribution in [2.45, 2.75) is 6.92 Å². The second-order valence-corrected chi connectivity index (χ2v) is 5.14. The fourth-order valence-corrected chi connectivity index (χ4v) is 1.88. The van der Waals surface area contributed by atoms with E-state index in [0.29, 0.717) is 17.0 Å². The summed E-state index contributed by atoms with van der Waals surface area (Å²) >= 11 is 0. The minimum Gasteiger partial charge on any atom is -0.546 e. The molecule has 2 rings (SSSR count). The van der Waals surface area contributed by atoms with E-state index in [1.807, 2.05) is 0 Å². The van der Waals surface area contributed by atoms with Crippen LogP contribution in [0, 0.1) is 5.82 Å². The molecule has 136 valence electrons. The first-order chi connectivity index (χ1) is 12.5. The molecule has 0 aliphatic carbocycles. The number of halogens is 1. The number of nitrogens with zero attached hydrogens (tertiary/aromatic N) is 1. The number of carbonyl (C=O) groups excluding carboxylic acids is 2. The largest absolute Gasteiger partial charge is 0.546 e. The SMILES string of the molecule is C/C(=N/NC(=O)COc1ccccc1F)c1ccc(OCC(=O)[O-])cc1. The highest BCUT2D eigenvalue weighted by Crippen LogP contribution is 2.15. The third kappa shape index (κ3) is 5.90. The highest BCUT2D eigenvalue weighted by atomic mass is 19.1. The van der Waals surface area contributed by atoms with Gasteiger partial charge in [-0.2, -0.15) is 5.10 Å². The summed E-state index contributed by atoms with van der Waals surface area (Å²) in [6.07, 6.45) is 0. The first-order valence-corrected chi connectivity index (χ1v) is 7.59. The molecule has 8 heteroatoms. The zero-order valence-corrected chi connectivity index (χ0v) is 13.9. The van der Waals surface area contributed by atoms with Gasteiger partial charge in [-0.15, -0.1) is 0 Å². The molecule has 0 unspecified atom stereocenters. The smallest absolute Gasteiger partial charge is 0.277 e. The zero-order valence-electron chi connectivity index (χ0n) is 13.9. The summed E-state index contributed by atoms with van der Waals surface area (Å²) in [4.78, 5) is 22.1. The molecule has 0 fully saturated rings. The lowest BCUT2D eigenvalue weighted by molar-refractivity contribution is -0.307. The molecule has 2 aromatic rings. The Labute approximate surface area is 149 Å². The van der Waals surface area contributed by atoms with Gasteiger partial charge in [0.15, 0.2) is 18.2 Å². The number of hydrogen-bond donors (Lipinski definition) is 1. The van der Waals surface area contributed by atoms with E-state index in [1.54, 1.807) is 37.3 Å². The Kier molecular flexibility index (Phi) is 6.67. The third-order valence-electron chi connectivity index (χ3n) is 3.17. The monoisotopic (exact) mass is 359 g/mol. The Morgan fingerprint density at radius 2 is 1.77 bits per heavy atom. The van der Waals surface area contributed by atoms with E-state index in [-0.39, 0.29) is 12.4 Å². The Morgan fingerprint density at radius 1 is 1.08 bits per heavy atom. The molecular weight excluding hydrogens is 343 g/mol. The molecule has 0 aliphatic heterocycles. The number of hydrogen-bond acceptors (Lipinski definition) is 6. The number of carboxylic acids is 1. The molecule has 0 atom stereocenters. The molecular formula is C18H16FN2O5-. The number of ether oxygens (including phenoxy) is 2. The predicted molar refractivity (Wildman–Crippen MR) is 89.2 cm³/mol. The quantitative estimate of drug-likeness (QED) is 0.557. The average Bonchev–Trinajstić information content (AvgIpc) is 2.64. The summed E-state index contributed by atoms with van der Waals surface area (Å²) in [6.45, 7) is 0.757. The maximum absolute atomic E-state index is 13.4. The number of nitrogens with one attached hydrogen (secondary N) is 1. The van der Waals surface area contributed by atoms with Crippen LogP contribution < -0.4 is 20.0 Å². The lowest BCUT2D eigenvalue weighted by Crippen LogP contribution is -2.28. The van der Waals surface area contributed by atoms with Crippen molar-refractivity contribution in [3.8, 4) is 11.5 Å². The van der Waals surface area contributed by atoms with Gasteiger partial charge in [-0.05, 0) is 48.9 Å². The fourth-order valence-electron chi connectivity index (χ4n) is 1.88. The van der Waals surface area contributed by atoms with Gasteiger partial charge >= 0.3 is 0 Å². The molecule has 1 amide bonds. The summed E-state index contributed by atoms with van der Waals surface area (Å²) in [5.41, 5.74) is 3.52. The van der Waals surface area contributed by atoms with Crippen molar-refractivity contribution in [1.29, 1.82) is 0 Å². The molecule has 0 spiro atoms. The van der Waals surface area contributed by atoms with Crippen LogP contribution in [0.2, 0.25) is 0 Å². The summed E-state index contributed by atoms with van der Waals surface area (Å²) in [6, 6.07) is 12.2. The predicted octanol–water partition coefficient (Wildman–Crippen LogP) is 0.874. The summed E-state index contributed by atoms with van der Waals surface area (Å²) in [7, 11) is 0.